The summed E-state index contributed by atoms with van der Waals surface area (Å²) in [7, 11) is 5.73. The molecule has 2 amide bonds. The van der Waals surface area contributed by atoms with Crippen molar-refractivity contribution in [2.24, 2.45) is 11.3 Å². The van der Waals surface area contributed by atoms with Gasteiger partial charge in [-0.1, -0.05) is 19.9 Å². The molecule has 0 saturated carbocycles. The van der Waals surface area contributed by atoms with Gasteiger partial charge in [0.25, 0.3) is 0 Å². The van der Waals surface area contributed by atoms with E-state index in [2.05, 4.69) is 40.0 Å². The number of nitrogens with one attached hydrogen (secondary N) is 1. The minimum atomic E-state index is 0.00162. The molecule has 30 heavy (non-hydrogen) atoms. The van der Waals surface area contributed by atoms with Crippen LogP contribution in [0.5, 0.6) is 5.75 Å². The summed E-state index contributed by atoms with van der Waals surface area (Å²) in [6.07, 6.45) is 2.65. The fraction of sp³-hybridized carbons (Fsp3) is 0.652. The van der Waals surface area contributed by atoms with Crippen LogP contribution in [0.3, 0.4) is 0 Å². The van der Waals surface area contributed by atoms with Gasteiger partial charge in [-0.3, -0.25) is 9.59 Å². The number of rotatable bonds is 9. The number of amides is 2. The van der Waals surface area contributed by atoms with Crippen molar-refractivity contribution in [1.82, 2.24) is 15.1 Å². The first-order valence-electron chi connectivity index (χ1n) is 10.6. The number of benzene rings is 1. The number of methoxy groups -OCH3 is 1. The molecule has 0 unspecified atom stereocenters. The fourth-order valence-corrected chi connectivity index (χ4v) is 4.64. The molecular formula is C23H36BrN3O3. The average Bonchev–Trinajstić information content (AvgIpc) is 2.69. The summed E-state index contributed by atoms with van der Waals surface area (Å²) < 4.78 is 6.14. The minimum absolute atomic E-state index is 0.00162. The third-order valence-corrected chi connectivity index (χ3v) is 6.17. The SMILES string of the molecule is COc1ccc(CCC(=O)N2CCC(C(=O)NCC(C)(C)CN(C)C)CC2)cc1Br. The maximum atomic E-state index is 12.6. The number of ether oxygens (including phenoxy) is 1. The van der Waals surface area contributed by atoms with Crippen LogP contribution >= 0.6 is 15.9 Å². The number of hydrogen-bond acceptors (Lipinski definition) is 4. The zero-order valence-electron chi connectivity index (χ0n) is 19.0. The van der Waals surface area contributed by atoms with Gasteiger partial charge in [-0.2, -0.15) is 0 Å². The number of nitrogens with zero attached hydrogens (tertiary/aromatic N) is 2. The summed E-state index contributed by atoms with van der Waals surface area (Å²) >= 11 is 3.49. The maximum absolute atomic E-state index is 12.6. The van der Waals surface area contributed by atoms with Crippen molar-refractivity contribution in [1.29, 1.82) is 0 Å². The third-order valence-electron chi connectivity index (χ3n) is 5.55. The Kier molecular flexibility index (Phi) is 9.16. The first kappa shape index (κ1) is 24.7. The van der Waals surface area contributed by atoms with Crippen LogP contribution in [0.15, 0.2) is 22.7 Å². The highest BCUT2D eigenvalue weighted by atomic mass is 79.9. The van der Waals surface area contributed by atoms with Crippen LogP contribution in [0.4, 0.5) is 0 Å². The summed E-state index contributed by atoms with van der Waals surface area (Å²) in [5.74, 6) is 1.07. The van der Waals surface area contributed by atoms with Gasteiger partial charge in [0.1, 0.15) is 5.75 Å². The molecule has 1 heterocycles. The van der Waals surface area contributed by atoms with E-state index >= 15 is 0 Å². The summed E-state index contributed by atoms with van der Waals surface area (Å²) in [5, 5.41) is 3.12. The number of carbonyl (C=O) groups is 2. The van der Waals surface area contributed by atoms with Gasteiger partial charge in [-0.15, -0.1) is 0 Å². The van der Waals surface area contributed by atoms with Crippen molar-refractivity contribution in [3.05, 3.63) is 28.2 Å². The van der Waals surface area contributed by atoms with Gasteiger partial charge in [0, 0.05) is 38.5 Å². The lowest BCUT2D eigenvalue weighted by Gasteiger charge is -2.33. The number of hydrogen-bond donors (Lipinski definition) is 1. The zero-order valence-corrected chi connectivity index (χ0v) is 20.5. The molecule has 1 N–H and O–H groups in total. The molecule has 1 aromatic rings. The first-order valence-corrected chi connectivity index (χ1v) is 11.4. The summed E-state index contributed by atoms with van der Waals surface area (Å²) in [6.45, 7) is 7.23. The van der Waals surface area contributed by atoms with Gasteiger partial charge in [0.05, 0.1) is 11.6 Å². The normalized spacial score (nSPS) is 15.4. The molecule has 0 aliphatic carbocycles. The topological polar surface area (TPSA) is 61.9 Å². The molecule has 1 fully saturated rings. The number of carbonyl (C=O) groups excluding carboxylic acids is 2. The first-order chi connectivity index (χ1) is 14.1. The van der Waals surface area contributed by atoms with Crippen LogP contribution in [0, 0.1) is 11.3 Å². The molecule has 0 atom stereocenters. The van der Waals surface area contributed by atoms with Crippen molar-refractivity contribution in [3.8, 4) is 5.75 Å². The van der Waals surface area contributed by atoms with E-state index in [1.807, 2.05) is 37.2 Å². The second-order valence-corrected chi connectivity index (χ2v) is 10.1. The number of piperidine rings is 1. The van der Waals surface area contributed by atoms with Crippen LogP contribution in [-0.2, 0) is 16.0 Å². The lowest BCUT2D eigenvalue weighted by molar-refractivity contribution is -0.135. The van der Waals surface area contributed by atoms with E-state index in [9.17, 15) is 9.59 Å². The summed E-state index contributed by atoms with van der Waals surface area (Å²) in [5.41, 5.74) is 1.14. The average molecular weight is 482 g/mol. The van der Waals surface area contributed by atoms with E-state index in [-0.39, 0.29) is 23.1 Å². The van der Waals surface area contributed by atoms with Crippen LogP contribution in [-0.4, -0.2) is 69.0 Å². The maximum Gasteiger partial charge on any atom is 0.223 e. The highest BCUT2D eigenvalue weighted by Crippen LogP contribution is 2.26. The smallest absolute Gasteiger partial charge is 0.223 e. The van der Waals surface area contributed by atoms with E-state index in [1.165, 1.54) is 0 Å². The largest absolute Gasteiger partial charge is 0.496 e. The summed E-state index contributed by atoms with van der Waals surface area (Å²) in [6, 6.07) is 5.90. The molecule has 1 aromatic carbocycles. The van der Waals surface area contributed by atoms with Crippen LogP contribution in [0.1, 0.15) is 38.7 Å². The Morgan fingerprint density at radius 1 is 1.27 bits per heavy atom. The van der Waals surface area contributed by atoms with E-state index in [0.717, 1.165) is 35.2 Å². The van der Waals surface area contributed by atoms with Gasteiger partial charge in [-0.05, 0) is 72.4 Å². The molecule has 168 valence electrons. The second kappa shape index (κ2) is 11.1. The second-order valence-electron chi connectivity index (χ2n) is 9.24. The zero-order chi connectivity index (χ0) is 22.3. The Labute approximate surface area is 189 Å². The molecule has 1 saturated heterocycles. The van der Waals surface area contributed by atoms with Crippen LogP contribution in [0.25, 0.3) is 0 Å². The Hall–Kier alpha value is -1.60. The molecular weight excluding hydrogens is 446 g/mol. The molecule has 0 radical (unpaired) electrons. The van der Waals surface area contributed by atoms with E-state index in [1.54, 1.807) is 7.11 Å². The predicted molar refractivity (Wildman–Crippen MR) is 124 cm³/mol. The lowest BCUT2D eigenvalue weighted by atomic mass is 9.91. The molecule has 1 aliphatic heterocycles. The Balaban J connectivity index is 1.74. The van der Waals surface area contributed by atoms with E-state index in [0.29, 0.717) is 32.5 Å². The van der Waals surface area contributed by atoms with Crippen molar-refractivity contribution >= 4 is 27.7 Å². The fourth-order valence-electron chi connectivity index (χ4n) is 4.05. The van der Waals surface area contributed by atoms with E-state index < -0.39 is 0 Å². The van der Waals surface area contributed by atoms with Crippen molar-refractivity contribution in [3.63, 3.8) is 0 Å². The van der Waals surface area contributed by atoms with Crippen molar-refractivity contribution in [2.75, 3.05) is 47.4 Å². The molecule has 1 aliphatic rings. The molecule has 7 heteroatoms. The Bertz CT molecular complexity index is 728. The molecule has 2 rings (SSSR count). The standard InChI is InChI=1S/C23H36BrN3O3/c1-23(2,16-26(3)4)15-25-22(29)18-10-12-27(13-11-18)21(28)9-7-17-6-8-20(30-5)19(24)14-17/h6,8,14,18H,7,9-13,15-16H2,1-5H3,(H,25,29). The lowest BCUT2D eigenvalue weighted by Crippen LogP contribution is -2.46. The number of aryl methyl sites for hydroxylation is 1. The molecule has 0 aromatic heterocycles. The molecule has 0 bridgehead atoms. The highest BCUT2D eigenvalue weighted by molar-refractivity contribution is 9.10. The number of halogens is 1. The van der Waals surface area contributed by atoms with Crippen LogP contribution < -0.4 is 10.1 Å². The highest BCUT2D eigenvalue weighted by Gasteiger charge is 2.28. The van der Waals surface area contributed by atoms with Crippen molar-refractivity contribution in [2.45, 2.75) is 39.5 Å². The van der Waals surface area contributed by atoms with Gasteiger partial charge >= 0.3 is 0 Å². The van der Waals surface area contributed by atoms with Gasteiger partial charge in [0.2, 0.25) is 11.8 Å². The Morgan fingerprint density at radius 3 is 2.50 bits per heavy atom. The minimum Gasteiger partial charge on any atom is -0.496 e. The van der Waals surface area contributed by atoms with Gasteiger partial charge in [0.15, 0.2) is 0 Å². The van der Waals surface area contributed by atoms with Gasteiger partial charge < -0.3 is 19.9 Å². The Morgan fingerprint density at radius 2 is 1.93 bits per heavy atom. The van der Waals surface area contributed by atoms with Crippen LogP contribution in [0.2, 0.25) is 0 Å². The summed E-state index contributed by atoms with van der Waals surface area (Å²) in [4.78, 5) is 29.2. The van der Waals surface area contributed by atoms with Crippen molar-refractivity contribution < 1.29 is 14.3 Å². The molecule has 6 nitrogen and oxygen atoms in total. The number of likely N-dealkylation sites (tertiary alicyclic amines) is 1. The van der Waals surface area contributed by atoms with E-state index in [4.69, 9.17) is 4.74 Å². The third kappa shape index (κ3) is 7.58. The monoisotopic (exact) mass is 481 g/mol. The van der Waals surface area contributed by atoms with Gasteiger partial charge in [-0.25, -0.2) is 0 Å². The quantitative estimate of drug-likeness (QED) is 0.587. The predicted octanol–water partition coefficient (Wildman–Crippen LogP) is 3.33. The molecule has 0 spiro atoms.